The van der Waals surface area contributed by atoms with Crippen LogP contribution in [0.25, 0.3) is 0 Å². The van der Waals surface area contributed by atoms with Gasteiger partial charge in [0.25, 0.3) is 5.91 Å². The minimum Gasteiger partial charge on any atom is -0.389 e. The molecule has 3 N–H and O–H groups in total. The maximum Gasteiger partial charge on any atom is 0.274 e. The molecular formula is C17H24N4O4. The Kier molecular flexibility index (Phi) is 4.47. The van der Waals surface area contributed by atoms with Crippen LogP contribution in [0.3, 0.4) is 0 Å². The van der Waals surface area contributed by atoms with E-state index in [0.717, 1.165) is 50.0 Å². The van der Waals surface area contributed by atoms with Crippen molar-refractivity contribution in [3.05, 3.63) is 17.0 Å². The number of nitrogens with one attached hydrogen (secondary N) is 2. The number of rotatable bonds is 3. The molecule has 1 saturated carbocycles. The van der Waals surface area contributed by atoms with Gasteiger partial charge in [0.05, 0.1) is 18.7 Å². The molecule has 136 valence electrons. The number of hydrogen-bond donors (Lipinski definition) is 3. The highest BCUT2D eigenvalue weighted by atomic mass is 16.5. The molecular weight excluding hydrogens is 324 g/mol. The summed E-state index contributed by atoms with van der Waals surface area (Å²) >= 11 is 0. The number of carbonyl (C=O) groups excluding carboxylic acids is 2. The third-order valence-corrected chi connectivity index (χ3v) is 5.60. The molecule has 8 nitrogen and oxygen atoms in total. The van der Waals surface area contributed by atoms with Crippen LogP contribution in [-0.4, -0.2) is 64.8 Å². The van der Waals surface area contributed by atoms with Crippen LogP contribution < -0.4 is 10.6 Å². The predicted octanol–water partition coefficient (Wildman–Crippen LogP) is -0.393. The van der Waals surface area contributed by atoms with Gasteiger partial charge in [0, 0.05) is 31.1 Å². The zero-order valence-electron chi connectivity index (χ0n) is 14.2. The molecule has 4 rings (SSSR count). The topological polar surface area (TPSA) is 108 Å². The molecule has 2 fully saturated rings. The normalized spacial score (nSPS) is 30.0. The first kappa shape index (κ1) is 16.5. The molecule has 2 amide bonds. The van der Waals surface area contributed by atoms with E-state index in [0.29, 0.717) is 25.2 Å². The first-order chi connectivity index (χ1) is 12.1. The Morgan fingerprint density at radius 1 is 1.32 bits per heavy atom. The van der Waals surface area contributed by atoms with Crippen molar-refractivity contribution in [3.8, 4) is 0 Å². The summed E-state index contributed by atoms with van der Waals surface area (Å²) in [6.07, 6.45) is 4.53. The SMILES string of the molecule is O=C1CN([C@@H]2CC[C@@H](NC(=O)c3noc4c3CCCC4)[C@H]2O)CCN1. The van der Waals surface area contributed by atoms with Gasteiger partial charge >= 0.3 is 0 Å². The largest absolute Gasteiger partial charge is 0.389 e. The van der Waals surface area contributed by atoms with Crippen molar-refractivity contribution in [1.82, 2.24) is 20.7 Å². The van der Waals surface area contributed by atoms with Crippen molar-refractivity contribution in [2.45, 2.75) is 56.7 Å². The molecule has 1 saturated heterocycles. The molecule has 0 radical (unpaired) electrons. The molecule has 2 aliphatic carbocycles. The van der Waals surface area contributed by atoms with Crippen LogP contribution in [0.5, 0.6) is 0 Å². The van der Waals surface area contributed by atoms with Gasteiger partial charge in [0.1, 0.15) is 5.76 Å². The van der Waals surface area contributed by atoms with Gasteiger partial charge in [0.2, 0.25) is 5.91 Å². The van der Waals surface area contributed by atoms with Crippen LogP contribution in [0, 0.1) is 0 Å². The van der Waals surface area contributed by atoms with E-state index in [1.54, 1.807) is 0 Å². The quantitative estimate of drug-likeness (QED) is 0.686. The summed E-state index contributed by atoms with van der Waals surface area (Å²) < 4.78 is 5.30. The highest BCUT2D eigenvalue weighted by Crippen LogP contribution is 2.27. The van der Waals surface area contributed by atoms with E-state index in [-0.39, 0.29) is 23.9 Å². The number of carbonyl (C=O) groups is 2. The second kappa shape index (κ2) is 6.76. The first-order valence-electron chi connectivity index (χ1n) is 9.10. The zero-order chi connectivity index (χ0) is 17.4. The van der Waals surface area contributed by atoms with Gasteiger partial charge in [-0.2, -0.15) is 0 Å². The maximum atomic E-state index is 12.6. The number of aromatic nitrogens is 1. The van der Waals surface area contributed by atoms with E-state index in [4.69, 9.17) is 4.52 Å². The molecule has 0 aromatic carbocycles. The fourth-order valence-corrected chi connectivity index (χ4v) is 4.26. The van der Waals surface area contributed by atoms with Gasteiger partial charge in [-0.05, 0) is 32.1 Å². The van der Waals surface area contributed by atoms with E-state index in [9.17, 15) is 14.7 Å². The lowest BCUT2D eigenvalue weighted by Crippen LogP contribution is -2.55. The lowest BCUT2D eigenvalue weighted by Gasteiger charge is -2.34. The number of aliphatic hydroxyl groups is 1. The number of fused-ring (bicyclic) bond motifs is 1. The Hall–Kier alpha value is -1.93. The van der Waals surface area contributed by atoms with Crippen LogP contribution in [0.4, 0.5) is 0 Å². The lowest BCUT2D eigenvalue weighted by molar-refractivity contribution is -0.125. The molecule has 8 heteroatoms. The molecule has 1 aliphatic heterocycles. The van der Waals surface area contributed by atoms with Crippen LogP contribution in [0.1, 0.15) is 47.5 Å². The Balaban J connectivity index is 1.40. The molecule has 0 spiro atoms. The number of nitrogens with zero attached hydrogens (tertiary/aromatic N) is 2. The van der Waals surface area contributed by atoms with Gasteiger partial charge in [-0.15, -0.1) is 0 Å². The number of piperazine rings is 1. The van der Waals surface area contributed by atoms with E-state index in [1.807, 2.05) is 4.90 Å². The summed E-state index contributed by atoms with van der Waals surface area (Å²) in [5, 5.41) is 20.3. The van der Waals surface area contributed by atoms with Gasteiger partial charge in [-0.3, -0.25) is 14.5 Å². The van der Waals surface area contributed by atoms with E-state index >= 15 is 0 Å². The van der Waals surface area contributed by atoms with Gasteiger partial charge in [-0.1, -0.05) is 5.16 Å². The van der Waals surface area contributed by atoms with Crippen LogP contribution >= 0.6 is 0 Å². The number of amides is 2. The monoisotopic (exact) mass is 348 g/mol. The summed E-state index contributed by atoms with van der Waals surface area (Å²) in [5.74, 6) is 0.536. The maximum absolute atomic E-state index is 12.6. The Labute approximate surface area is 145 Å². The lowest BCUT2D eigenvalue weighted by atomic mass is 9.96. The van der Waals surface area contributed by atoms with Crippen molar-refractivity contribution >= 4 is 11.8 Å². The van der Waals surface area contributed by atoms with Crippen molar-refractivity contribution in [1.29, 1.82) is 0 Å². The van der Waals surface area contributed by atoms with E-state index < -0.39 is 6.10 Å². The second-order valence-electron chi connectivity index (χ2n) is 7.18. The third kappa shape index (κ3) is 3.16. The Morgan fingerprint density at radius 3 is 3.00 bits per heavy atom. The molecule has 0 bridgehead atoms. The third-order valence-electron chi connectivity index (χ3n) is 5.60. The van der Waals surface area contributed by atoms with Crippen molar-refractivity contribution in [2.24, 2.45) is 0 Å². The molecule has 25 heavy (non-hydrogen) atoms. The highest BCUT2D eigenvalue weighted by Gasteiger charge is 2.40. The van der Waals surface area contributed by atoms with Crippen LogP contribution in [-0.2, 0) is 17.6 Å². The average Bonchev–Trinajstić information content (AvgIpc) is 3.19. The smallest absolute Gasteiger partial charge is 0.274 e. The standard InChI is InChI=1S/C17H24N4O4/c22-14-9-21(8-7-18-14)12-6-5-11(16(12)23)19-17(24)15-10-3-1-2-4-13(10)25-20-15/h11-12,16,23H,1-9H2,(H,18,22)(H,19,24)/t11-,12-,16-/m1/s1. The van der Waals surface area contributed by atoms with Crippen LogP contribution in [0.15, 0.2) is 4.52 Å². The number of hydrogen-bond acceptors (Lipinski definition) is 6. The highest BCUT2D eigenvalue weighted by molar-refractivity contribution is 5.94. The van der Waals surface area contributed by atoms with Gasteiger partial charge < -0.3 is 20.3 Å². The van der Waals surface area contributed by atoms with Gasteiger partial charge in [-0.25, -0.2) is 0 Å². The Morgan fingerprint density at radius 2 is 2.16 bits per heavy atom. The molecule has 3 aliphatic rings. The number of aryl methyl sites for hydroxylation is 1. The Bertz CT molecular complexity index is 674. The van der Waals surface area contributed by atoms with Gasteiger partial charge in [0.15, 0.2) is 5.69 Å². The first-order valence-corrected chi connectivity index (χ1v) is 9.10. The summed E-state index contributed by atoms with van der Waals surface area (Å²) in [4.78, 5) is 26.2. The molecule has 3 atom stereocenters. The fourth-order valence-electron chi connectivity index (χ4n) is 4.26. The summed E-state index contributed by atoms with van der Waals surface area (Å²) in [5.41, 5.74) is 1.28. The van der Waals surface area contributed by atoms with E-state index in [2.05, 4.69) is 15.8 Å². The minimum absolute atomic E-state index is 0.0137. The summed E-state index contributed by atoms with van der Waals surface area (Å²) in [7, 11) is 0. The molecule has 1 aromatic rings. The van der Waals surface area contributed by atoms with E-state index in [1.165, 1.54) is 0 Å². The summed E-state index contributed by atoms with van der Waals surface area (Å²) in [6.45, 7) is 1.63. The predicted molar refractivity (Wildman–Crippen MR) is 88.0 cm³/mol. The van der Waals surface area contributed by atoms with Crippen molar-refractivity contribution < 1.29 is 19.2 Å². The summed E-state index contributed by atoms with van der Waals surface area (Å²) in [6, 6.07) is -0.416. The van der Waals surface area contributed by atoms with Crippen molar-refractivity contribution in [3.63, 3.8) is 0 Å². The number of aliphatic hydroxyl groups excluding tert-OH is 1. The fraction of sp³-hybridized carbons (Fsp3) is 0.706. The molecule has 0 unspecified atom stereocenters. The van der Waals surface area contributed by atoms with Crippen molar-refractivity contribution in [2.75, 3.05) is 19.6 Å². The average molecular weight is 348 g/mol. The second-order valence-corrected chi connectivity index (χ2v) is 7.18. The molecule has 2 heterocycles. The van der Waals surface area contributed by atoms with Crippen LogP contribution in [0.2, 0.25) is 0 Å². The minimum atomic E-state index is -0.683. The zero-order valence-corrected chi connectivity index (χ0v) is 14.2. The molecule has 1 aromatic heterocycles.